The van der Waals surface area contributed by atoms with Crippen LogP contribution in [0.3, 0.4) is 0 Å². The Bertz CT molecular complexity index is 1160. The summed E-state index contributed by atoms with van der Waals surface area (Å²) in [5.74, 6) is 2.30. The molecule has 1 amide bonds. The molecule has 0 aliphatic rings. The average Bonchev–Trinajstić information content (AvgIpc) is 3.44. The van der Waals surface area contributed by atoms with Crippen LogP contribution in [-0.2, 0) is 17.9 Å². The fourth-order valence-corrected chi connectivity index (χ4v) is 3.96. The molecule has 9 heteroatoms. The highest BCUT2D eigenvalue weighted by molar-refractivity contribution is 7.99. The van der Waals surface area contributed by atoms with Crippen molar-refractivity contribution in [3.63, 3.8) is 0 Å². The standard InChI is InChI=1S/C22H20ClN5O2S/c1-2-28-21(16-9-11-24-12-10-16)26-27-22(28)31-14-20(29)25-13-18-7-8-19(30-18)15-3-5-17(23)6-4-15/h3-12H,2,13-14H2,1H3,(H,25,29). The Morgan fingerprint density at radius 2 is 1.84 bits per heavy atom. The summed E-state index contributed by atoms with van der Waals surface area (Å²) in [6, 6.07) is 14.9. The molecule has 1 aromatic carbocycles. The van der Waals surface area contributed by atoms with E-state index in [4.69, 9.17) is 16.0 Å². The monoisotopic (exact) mass is 453 g/mol. The summed E-state index contributed by atoms with van der Waals surface area (Å²) in [7, 11) is 0. The van der Waals surface area contributed by atoms with E-state index in [0.29, 0.717) is 29.0 Å². The molecule has 0 radical (unpaired) electrons. The van der Waals surface area contributed by atoms with Gasteiger partial charge in [0.25, 0.3) is 0 Å². The van der Waals surface area contributed by atoms with Crippen molar-refractivity contribution in [3.8, 4) is 22.7 Å². The smallest absolute Gasteiger partial charge is 0.230 e. The third kappa shape index (κ3) is 5.15. The van der Waals surface area contributed by atoms with Crippen LogP contribution in [0.4, 0.5) is 0 Å². The summed E-state index contributed by atoms with van der Waals surface area (Å²) in [6.45, 7) is 3.04. The normalized spacial score (nSPS) is 10.9. The van der Waals surface area contributed by atoms with Crippen LogP contribution in [0.2, 0.25) is 5.02 Å². The first-order valence-corrected chi connectivity index (χ1v) is 11.1. The molecule has 0 spiro atoms. The number of benzene rings is 1. The number of pyridine rings is 1. The maximum Gasteiger partial charge on any atom is 0.230 e. The van der Waals surface area contributed by atoms with Gasteiger partial charge in [-0.3, -0.25) is 9.78 Å². The molecular weight excluding hydrogens is 434 g/mol. The van der Waals surface area contributed by atoms with E-state index in [-0.39, 0.29) is 11.7 Å². The van der Waals surface area contributed by atoms with E-state index in [1.165, 1.54) is 11.8 Å². The topological polar surface area (TPSA) is 85.8 Å². The fraction of sp³-hybridized carbons (Fsp3) is 0.182. The van der Waals surface area contributed by atoms with Crippen LogP contribution in [0.25, 0.3) is 22.7 Å². The van der Waals surface area contributed by atoms with Gasteiger partial charge in [0.05, 0.1) is 12.3 Å². The number of rotatable bonds is 8. The maximum atomic E-state index is 12.3. The largest absolute Gasteiger partial charge is 0.459 e. The summed E-state index contributed by atoms with van der Waals surface area (Å²) < 4.78 is 7.80. The molecule has 0 aliphatic heterocycles. The molecule has 4 rings (SSSR count). The molecule has 158 valence electrons. The zero-order valence-corrected chi connectivity index (χ0v) is 18.4. The minimum Gasteiger partial charge on any atom is -0.459 e. The van der Waals surface area contributed by atoms with Gasteiger partial charge in [0.1, 0.15) is 11.5 Å². The maximum absolute atomic E-state index is 12.3. The van der Waals surface area contributed by atoms with Crippen molar-refractivity contribution in [2.75, 3.05) is 5.75 Å². The minimum absolute atomic E-state index is 0.106. The highest BCUT2D eigenvalue weighted by Gasteiger charge is 2.15. The fourth-order valence-electron chi connectivity index (χ4n) is 3.00. The van der Waals surface area contributed by atoms with Gasteiger partial charge < -0.3 is 14.3 Å². The van der Waals surface area contributed by atoms with E-state index in [0.717, 1.165) is 22.7 Å². The van der Waals surface area contributed by atoms with Crippen LogP contribution in [0, 0.1) is 0 Å². The lowest BCUT2D eigenvalue weighted by Gasteiger charge is -2.07. The van der Waals surface area contributed by atoms with E-state index < -0.39 is 0 Å². The number of nitrogens with zero attached hydrogens (tertiary/aromatic N) is 4. The second-order valence-electron chi connectivity index (χ2n) is 6.62. The zero-order valence-electron chi connectivity index (χ0n) is 16.8. The number of aromatic nitrogens is 4. The van der Waals surface area contributed by atoms with E-state index >= 15 is 0 Å². The second-order valence-corrected chi connectivity index (χ2v) is 8.00. The predicted molar refractivity (Wildman–Crippen MR) is 121 cm³/mol. The molecule has 0 unspecified atom stereocenters. The third-order valence-corrected chi connectivity index (χ3v) is 5.77. The Hall–Kier alpha value is -3.10. The number of carbonyl (C=O) groups is 1. The molecule has 0 aliphatic carbocycles. The van der Waals surface area contributed by atoms with E-state index in [1.54, 1.807) is 12.4 Å². The minimum atomic E-state index is -0.106. The van der Waals surface area contributed by atoms with E-state index in [9.17, 15) is 4.79 Å². The number of furan rings is 1. The van der Waals surface area contributed by atoms with Crippen molar-refractivity contribution in [2.45, 2.75) is 25.2 Å². The van der Waals surface area contributed by atoms with Crippen LogP contribution in [-0.4, -0.2) is 31.4 Å². The molecule has 0 saturated carbocycles. The van der Waals surface area contributed by atoms with Crippen molar-refractivity contribution >= 4 is 29.3 Å². The van der Waals surface area contributed by atoms with Crippen LogP contribution >= 0.6 is 23.4 Å². The molecular formula is C22H20ClN5O2S. The Morgan fingerprint density at radius 3 is 2.58 bits per heavy atom. The summed E-state index contributed by atoms with van der Waals surface area (Å²) in [5, 5.41) is 12.8. The van der Waals surface area contributed by atoms with E-state index in [2.05, 4.69) is 20.5 Å². The van der Waals surface area contributed by atoms with Crippen molar-refractivity contribution < 1.29 is 9.21 Å². The molecule has 7 nitrogen and oxygen atoms in total. The van der Waals surface area contributed by atoms with Crippen LogP contribution in [0.15, 0.2) is 70.5 Å². The number of hydrogen-bond acceptors (Lipinski definition) is 6. The first kappa shape index (κ1) is 21.1. The lowest BCUT2D eigenvalue weighted by molar-refractivity contribution is -0.118. The molecule has 1 N–H and O–H groups in total. The molecule has 4 aromatic rings. The molecule has 0 bridgehead atoms. The number of hydrogen-bond donors (Lipinski definition) is 1. The second kappa shape index (κ2) is 9.80. The van der Waals surface area contributed by atoms with Crippen molar-refractivity contribution in [3.05, 3.63) is 71.7 Å². The quantitative estimate of drug-likeness (QED) is 0.390. The molecule has 0 fully saturated rings. The highest BCUT2D eigenvalue weighted by Crippen LogP contribution is 2.25. The van der Waals surface area contributed by atoms with Crippen molar-refractivity contribution in [1.82, 2.24) is 25.1 Å². The summed E-state index contributed by atoms with van der Waals surface area (Å²) in [6.07, 6.45) is 3.44. The SMILES string of the molecule is CCn1c(SCC(=O)NCc2ccc(-c3ccc(Cl)cc3)o2)nnc1-c1ccncc1. The van der Waals surface area contributed by atoms with Gasteiger partial charge in [0.15, 0.2) is 11.0 Å². The molecule has 3 aromatic heterocycles. The summed E-state index contributed by atoms with van der Waals surface area (Å²) >= 11 is 7.27. The lowest BCUT2D eigenvalue weighted by atomic mass is 10.2. The van der Waals surface area contributed by atoms with Gasteiger partial charge in [-0.05, 0) is 55.5 Å². The number of carbonyl (C=O) groups excluding carboxylic acids is 1. The van der Waals surface area contributed by atoms with Gasteiger partial charge in [-0.1, -0.05) is 23.4 Å². The Kier molecular flexibility index (Phi) is 6.69. The van der Waals surface area contributed by atoms with Gasteiger partial charge in [-0.15, -0.1) is 10.2 Å². The number of thioether (sulfide) groups is 1. The Labute approximate surface area is 188 Å². The van der Waals surface area contributed by atoms with Crippen molar-refractivity contribution in [1.29, 1.82) is 0 Å². The highest BCUT2D eigenvalue weighted by atomic mass is 35.5. The molecule has 31 heavy (non-hydrogen) atoms. The van der Waals surface area contributed by atoms with Crippen molar-refractivity contribution in [2.24, 2.45) is 0 Å². The predicted octanol–water partition coefficient (Wildman–Crippen LogP) is 4.68. The summed E-state index contributed by atoms with van der Waals surface area (Å²) in [5.41, 5.74) is 1.87. The average molecular weight is 454 g/mol. The Balaban J connectivity index is 1.32. The first-order chi connectivity index (χ1) is 15.1. The molecule has 0 atom stereocenters. The zero-order chi connectivity index (χ0) is 21.6. The lowest BCUT2D eigenvalue weighted by Crippen LogP contribution is -2.24. The van der Waals surface area contributed by atoms with Gasteiger partial charge in [0.2, 0.25) is 5.91 Å². The van der Waals surface area contributed by atoms with Gasteiger partial charge in [-0.2, -0.15) is 0 Å². The number of amides is 1. The van der Waals surface area contributed by atoms with Gasteiger partial charge in [0, 0.05) is 35.1 Å². The number of nitrogens with one attached hydrogen (secondary N) is 1. The van der Waals surface area contributed by atoms with Gasteiger partial charge >= 0.3 is 0 Å². The number of halogens is 1. The first-order valence-electron chi connectivity index (χ1n) is 9.72. The summed E-state index contributed by atoms with van der Waals surface area (Å²) in [4.78, 5) is 16.4. The van der Waals surface area contributed by atoms with Crippen LogP contribution in [0.5, 0.6) is 0 Å². The molecule has 3 heterocycles. The van der Waals surface area contributed by atoms with Gasteiger partial charge in [-0.25, -0.2) is 0 Å². The van der Waals surface area contributed by atoms with E-state index in [1.807, 2.05) is 60.0 Å². The molecule has 0 saturated heterocycles. The van der Waals surface area contributed by atoms with Crippen LogP contribution in [0.1, 0.15) is 12.7 Å². The third-order valence-electron chi connectivity index (χ3n) is 4.55. The Morgan fingerprint density at radius 1 is 1.06 bits per heavy atom. The van der Waals surface area contributed by atoms with Crippen LogP contribution < -0.4 is 5.32 Å².